The minimum atomic E-state index is 0.0000983. The number of nitrogens with one attached hydrogen (secondary N) is 2. The summed E-state index contributed by atoms with van der Waals surface area (Å²) in [5.41, 5.74) is 2.33. The molecule has 4 heterocycles. The van der Waals surface area contributed by atoms with Crippen molar-refractivity contribution in [3.05, 3.63) is 23.5 Å². The maximum absolute atomic E-state index is 12.9. The predicted molar refractivity (Wildman–Crippen MR) is 93.1 cm³/mol. The first kappa shape index (κ1) is 15.6. The molecule has 2 bridgehead atoms. The second-order valence-corrected chi connectivity index (χ2v) is 7.51. The Hall–Kier alpha value is -1.95. The van der Waals surface area contributed by atoms with E-state index in [1.54, 1.807) is 6.20 Å². The summed E-state index contributed by atoms with van der Waals surface area (Å²) in [6.07, 6.45) is 6.29. The van der Waals surface area contributed by atoms with E-state index in [-0.39, 0.29) is 18.0 Å². The Kier molecular flexibility index (Phi) is 3.79. The molecule has 0 aromatic carbocycles. The monoisotopic (exact) mass is 327 g/mol. The Morgan fingerprint density at radius 1 is 1.33 bits per heavy atom. The molecule has 24 heavy (non-hydrogen) atoms. The van der Waals surface area contributed by atoms with Gasteiger partial charge in [-0.1, -0.05) is 0 Å². The van der Waals surface area contributed by atoms with Crippen molar-refractivity contribution in [3.8, 4) is 0 Å². The molecule has 0 saturated carbocycles. The van der Waals surface area contributed by atoms with Gasteiger partial charge < -0.3 is 10.6 Å². The van der Waals surface area contributed by atoms with Crippen LogP contribution in [-0.4, -0.2) is 38.8 Å². The molecule has 6 nitrogen and oxygen atoms in total. The minimum absolute atomic E-state index is 0.0000983. The summed E-state index contributed by atoms with van der Waals surface area (Å²) in [4.78, 5) is 17.5. The zero-order valence-corrected chi connectivity index (χ0v) is 14.5. The predicted octanol–water partition coefficient (Wildman–Crippen LogP) is 2.33. The van der Waals surface area contributed by atoms with E-state index < -0.39 is 0 Å². The molecule has 2 aliphatic rings. The van der Waals surface area contributed by atoms with Crippen LogP contribution in [0, 0.1) is 6.92 Å². The normalized spacial score (nSPS) is 26.2. The number of hydrogen-bond donors (Lipinski definition) is 2. The molecule has 128 valence electrons. The summed E-state index contributed by atoms with van der Waals surface area (Å²) in [5, 5.41) is 12.1. The Morgan fingerprint density at radius 3 is 2.71 bits per heavy atom. The lowest BCUT2D eigenvalue weighted by atomic mass is 9.99. The summed E-state index contributed by atoms with van der Waals surface area (Å²) in [5.74, 6) is 0.0000983. The Labute approximate surface area is 142 Å². The van der Waals surface area contributed by atoms with Crippen molar-refractivity contribution in [1.82, 2.24) is 25.4 Å². The van der Waals surface area contributed by atoms with Crippen LogP contribution in [0.15, 0.2) is 12.3 Å². The zero-order valence-electron chi connectivity index (χ0n) is 14.5. The fraction of sp³-hybridized carbons (Fsp3) is 0.611. The van der Waals surface area contributed by atoms with E-state index in [0.29, 0.717) is 17.6 Å². The molecule has 2 saturated heterocycles. The Morgan fingerprint density at radius 2 is 2.04 bits per heavy atom. The number of aromatic nitrogens is 3. The lowest BCUT2D eigenvalue weighted by Gasteiger charge is -2.29. The Bertz CT molecular complexity index is 769. The molecular weight excluding hydrogens is 302 g/mol. The van der Waals surface area contributed by atoms with Crippen molar-refractivity contribution in [1.29, 1.82) is 0 Å². The topological polar surface area (TPSA) is 71.8 Å². The molecule has 2 aromatic rings. The van der Waals surface area contributed by atoms with E-state index in [1.807, 2.05) is 17.7 Å². The van der Waals surface area contributed by atoms with Crippen LogP contribution in [-0.2, 0) is 0 Å². The van der Waals surface area contributed by atoms with Crippen LogP contribution in [0.1, 0.15) is 61.6 Å². The summed E-state index contributed by atoms with van der Waals surface area (Å²) in [7, 11) is 0. The number of amides is 1. The average Bonchev–Trinajstić information content (AvgIpc) is 3.09. The highest BCUT2D eigenvalue weighted by Crippen LogP contribution is 2.27. The third kappa shape index (κ3) is 2.69. The zero-order chi connectivity index (χ0) is 16.8. The van der Waals surface area contributed by atoms with Gasteiger partial charge in [-0.15, -0.1) is 0 Å². The van der Waals surface area contributed by atoms with Gasteiger partial charge in [0.2, 0.25) is 0 Å². The third-order valence-corrected chi connectivity index (χ3v) is 5.24. The van der Waals surface area contributed by atoms with Crippen molar-refractivity contribution < 1.29 is 4.79 Å². The van der Waals surface area contributed by atoms with Crippen molar-refractivity contribution in [2.75, 3.05) is 0 Å². The molecule has 2 N–H and O–H groups in total. The first-order valence-corrected chi connectivity index (χ1v) is 8.93. The fourth-order valence-corrected chi connectivity index (χ4v) is 4.15. The Balaban J connectivity index is 1.62. The molecule has 0 aliphatic carbocycles. The van der Waals surface area contributed by atoms with Crippen LogP contribution < -0.4 is 10.6 Å². The quantitative estimate of drug-likeness (QED) is 0.907. The van der Waals surface area contributed by atoms with Crippen LogP contribution in [0.4, 0.5) is 0 Å². The number of aryl methyl sites for hydroxylation is 1. The van der Waals surface area contributed by atoms with E-state index in [2.05, 4.69) is 34.6 Å². The molecule has 0 radical (unpaired) electrons. The maximum atomic E-state index is 12.9. The van der Waals surface area contributed by atoms with E-state index >= 15 is 0 Å². The second-order valence-electron chi connectivity index (χ2n) is 7.51. The van der Waals surface area contributed by atoms with E-state index in [1.165, 1.54) is 12.8 Å². The van der Waals surface area contributed by atoms with E-state index in [0.717, 1.165) is 29.6 Å². The number of carbonyl (C=O) groups excluding carboxylic acids is 1. The van der Waals surface area contributed by atoms with Gasteiger partial charge >= 0.3 is 0 Å². The highest BCUT2D eigenvalue weighted by atomic mass is 16.1. The number of pyridine rings is 1. The van der Waals surface area contributed by atoms with Crippen molar-refractivity contribution in [2.24, 2.45) is 0 Å². The number of rotatable bonds is 3. The molecule has 0 spiro atoms. The van der Waals surface area contributed by atoms with Gasteiger partial charge in [0.1, 0.15) is 0 Å². The van der Waals surface area contributed by atoms with Crippen LogP contribution in [0.3, 0.4) is 0 Å². The summed E-state index contributed by atoms with van der Waals surface area (Å²) in [6, 6.07) is 3.49. The van der Waals surface area contributed by atoms with Gasteiger partial charge in [-0.2, -0.15) is 5.10 Å². The molecule has 2 atom stereocenters. The molecule has 2 aliphatic heterocycles. The average molecular weight is 327 g/mol. The van der Waals surface area contributed by atoms with Gasteiger partial charge in [-0.25, -0.2) is 9.67 Å². The summed E-state index contributed by atoms with van der Waals surface area (Å²) < 4.78 is 1.88. The molecule has 2 fully saturated rings. The van der Waals surface area contributed by atoms with Crippen LogP contribution >= 0.6 is 0 Å². The minimum Gasteiger partial charge on any atom is -0.349 e. The van der Waals surface area contributed by atoms with Crippen molar-refractivity contribution in [3.63, 3.8) is 0 Å². The van der Waals surface area contributed by atoms with Crippen LogP contribution in [0.25, 0.3) is 11.0 Å². The fourth-order valence-electron chi connectivity index (χ4n) is 4.15. The number of carbonyl (C=O) groups is 1. The first-order valence-electron chi connectivity index (χ1n) is 8.93. The highest BCUT2D eigenvalue weighted by molar-refractivity contribution is 6.05. The lowest BCUT2D eigenvalue weighted by Crippen LogP contribution is -2.48. The van der Waals surface area contributed by atoms with Crippen LogP contribution in [0.5, 0.6) is 0 Å². The molecule has 4 rings (SSSR count). The van der Waals surface area contributed by atoms with Crippen molar-refractivity contribution in [2.45, 2.75) is 70.6 Å². The van der Waals surface area contributed by atoms with Gasteiger partial charge in [0, 0.05) is 29.9 Å². The standard InChI is InChI=1S/C18H25N5O/c1-10(2)23-17-16(9-19-23)15(6-11(3)20-17)18(24)22-14-7-12-4-5-13(8-14)21-12/h6,9-10,12-14,21H,4-5,7-8H2,1-3H3,(H,22,24). The first-order chi connectivity index (χ1) is 11.5. The molecule has 2 unspecified atom stereocenters. The van der Waals surface area contributed by atoms with Gasteiger partial charge in [-0.05, 0) is 52.5 Å². The number of hydrogen-bond acceptors (Lipinski definition) is 4. The third-order valence-electron chi connectivity index (χ3n) is 5.24. The lowest BCUT2D eigenvalue weighted by molar-refractivity contribution is 0.0925. The number of nitrogens with zero attached hydrogens (tertiary/aromatic N) is 3. The van der Waals surface area contributed by atoms with E-state index in [9.17, 15) is 4.79 Å². The largest absolute Gasteiger partial charge is 0.349 e. The SMILES string of the molecule is Cc1cc(C(=O)NC2CC3CCC(C2)N3)c2cnn(C(C)C)c2n1. The molecule has 6 heteroatoms. The van der Waals surface area contributed by atoms with Crippen molar-refractivity contribution >= 4 is 16.9 Å². The molecular formula is C18H25N5O. The summed E-state index contributed by atoms with van der Waals surface area (Å²) in [6.45, 7) is 6.07. The van der Waals surface area contributed by atoms with E-state index in [4.69, 9.17) is 0 Å². The van der Waals surface area contributed by atoms with Gasteiger partial charge in [0.05, 0.1) is 17.1 Å². The van der Waals surface area contributed by atoms with Gasteiger partial charge in [0.25, 0.3) is 5.91 Å². The second kappa shape index (κ2) is 5.84. The van der Waals surface area contributed by atoms with Gasteiger partial charge in [-0.3, -0.25) is 4.79 Å². The smallest absolute Gasteiger partial charge is 0.252 e. The summed E-state index contributed by atoms with van der Waals surface area (Å²) >= 11 is 0. The number of piperidine rings is 1. The highest BCUT2D eigenvalue weighted by Gasteiger charge is 2.34. The molecule has 2 aromatic heterocycles. The molecule has 1 amide bonds. The van der Waals surface area contributed by atoms with Gasteiger partial charge in [0.15, 0.2) is 5.65 Å². The van der Waals surface area contributed by atoms with Crippen LogP contribution in [0.2, 0.25) is 0 Å². The maximum Gasteiger partial charge on any atom is 0.252 e. The number of fused-ring (bicyclic) bond motifs is 3.